The average Bonchev–Trinajstić information content (AvgIpc) is 3.13. The van der Waals surface area contributed by atoms with Crippen molar-refractivity contribution >= 4 is 17.3 Å². The van der Waals surface area contributed by atoms with Crippen molar-refractivity contribution in [1.29, 1.82) is 0 Å². The van der Waals surface area contributed by atoms with E-state index in [-0.39, 0.29) is 5.56 Å². The molecule has 1 atom stereocenters. The third kappa shape index (κ3) is 4.33. The Labute approximate surface area is 164 Å². The number of piperidine rings is 1. The van der Waals surface area contributed by atoms with E-state index in [0.29, 0.717) is 17.6 Å². The molecule has 7 heteroatoms. The number of hydrogen-bond donors (Lipinski definition) is 1. The molecule has 2 aliphatic rings. The second-order valence-corrected chi connectivity index (χ2v) is 7.86. The molecule has 1 aliphatic heterocycles. The molecule has 6 nitrogen and oxygen atoms in total. The predicted molar refractivity (Wildman–Crippen MR) is 107 cm³/mol. The summed E-state index contributed by atoms with van der Waals surface area (Å²) in [5, 5.41) is 8.71. The van der Waals surface area contributed by atoms with Crippen molar-refractivity contribution in [2.45, 2.75) is 51.1 Å². The molecule has 1 fully saturated rings. The van der Waals surface area contributed by atoms with Gasteiger partial charge in [0.1, 0.15) is 0 Å². The molecular weight excluding hydrogens is 362 g/mol. The van der Waals surface area contributed by atoms with Gasteiger partial charge in [0, 0.05) is 37.6 Å². The lowest BCUT2D eigenvalue weighted by atomic mass is 10.0. The second-order valence-electron chi connectivity index (χ2n) is 7.45. The first kappa shape index (κ1) is 18.4. The number of aryl methyl sites for hydroxylation is 2. The molecule has 0 spiro atoms. The molecular formula is C20H26ClN5O. The number of fused-ring (bicyclic) bond motifs is 1. The Kier molecular flexibility index (Phi) is 5.74. The van der Waals surface area contributed by atoms with E-state index in [0.717, 1.165) is 62.3 Å². The highest BCUT2D eigenvalue weighted by Gasteiger charge is 2.23. The lowest BCUT2D eigenvalue weighted by Crippen LogP contribution is -2.45. The fraction of sp³-hybridized carbons (Fsp3) is 0.550. The summed E-state index contributed by atoms with van der Waals surface area (Å²) in [6.07, 6.45) is 10.1. The summed E-state index contributed by atoms with van der Waals surface area (Å²) < 4.78 is 1.66. The van der Waals surface area contributed by atoms with Crippen molar-refractivity contribution in [3.05, 3.63) is 51.2 Å². The Morgan fingerprint density at radius 2 is 2.15 bits per heavy atom. The molecule has 0 bridgehead atoms. The molecule has 144 valence electrons. The third-order valence-corrected chi connectivity index (χ3v) is 5.97. The van der Waals surface area contributed by atoms with Crippen LogP contribution in [0.2, 0.25) is 5.02 Å². The van der Waals surface area contributed by atoms with Crippen LogP contribution in [0.25, 0.3) is 0 Å². The minimum Gasteiger partial charge on any atom is -0.382 e. The van der Waals surface area contributed by atoms with Gasteiger partial charge in [0.25, 0.3) is 5.56 Å². The van der Waals surface area contributed by atoms with Crippen LogP contribution in [-0.4, -0.2) is 45.3 Å². The van der Waals surface area contributed by atoms with Crippen molar-refractivity contribution < 1.29 is 0 Å². The first-order chi connectivity index (χ1) is 13.2. The van der Waals surface area contributed by atoms with Gasteiger partial charge in [0.05, 0.1) is 22.9 Å². The Morgan fingerprint density at radius 3 is 3.04 bits per heavy atom. The quantitative estimate of drug-likeness (QED) is 0.825. The average molecular weight is 388 g/mol. The van der Waals surface area contributed by atoms with E-state index in [2.05, 4.69) is 20.3 Å². The molecule has 1 aliphatic carbocycles. The molecule has 4 rings (SSSR count). The summed E-state index contributed by atoms with van der Waals surface area (Å²) in [5.41, 5.74) is 3.21. The van der Waals surface area contributed by atoms with Gasteiger partial charge in [0.2, 0.25) is 0 Å². The zero-order valence-corrected chi connectivity index (χ0v) is 16.3. The number of nitrogens with one attached hydrogen (secondary N) is 1. The summed E-state index contributed by atoms with van der Waals surface area (Å²) in [7, 11) is 0. The minimum atomic E-state index is 0.0332. The Hall–Kier alpha value is -1.92. The van der Waals surface area contributed by atoms with Crippen LogP contribution in [0.4, 0.5) is 5.69 Å². The summed E-state index contributed by atoms with van der Waals surface area (Å²) in [5.74, 6) is 0. The highest BCUT2D eigenvalue weighted by molar-refractivity contribution is 6.33. The van der Waals surface area contributed by atoms with Crippen molar-refractivity contribution in [1.82, 2.24) is 19.7 Å². The van der Waals surface area contributed by atoms with Gasteiger partial charge >= 0.3 is 0 Å². The maximum atomic E-state index is 12.3. The van der Waals surface area contributed by atoms with Crippen LogP contribution in [0.5, 0.6) is 0 Å². The predicted octanol–water partition coefficient (Wildman–Crippen LogP) is 2.75. The number of pyridine rings is 1. The van der Waals surface area contributed by atoms with Crippen molar-refractivity contribution in [2.24, 2.45) is 0 Å². The van der Waals surface area contributed by atoms with Crippen LogP contribution in [-0.2, 0) is 19.4 Å². The van der Waals surface area contributed by atoms with E-state index in [9.17, 15) is 4.79 Å². The van der Waals surface area contributed by atoms with Crippen molar-refractivity contribution in [2.75, 3.05) is 25.0 Å². The van der Waals surface area contributed by atoms with Crippen molar-refractivity contribution in [3.8, 4) is 0 Å². The highest BCUT2D eigenvalue weighted by atomic mass is 35.5. The summed E-state index contributed by atoms with van der Waals surface area (Å²) in [6, 6.07) is 4.13. The molecule has 0 radical (unpaired) electrons. The number of rotatable bonds is 6. The lowest BCUT2D eigenvalue weighted by Gasteiger charge is -2.36. The maximum absolute atomic E-state index is 12.3. The number of aromatic nitrogens is 3. The number of likely N-dealkylation sites (tertiary alicyclic amines) is 1. The first-order valence-corrected chi connectivity index (χ1v) is 10.3. The van der Waals surface area contributed by atoms with Gasteiger partial charge < -0.3 is 5.32 Å². The van der Waals surface area contributed by atoms with Gasteiger partial charge in [-0.3, -0.25) is 14.7 Å². The number of nitrogens with zero attached hydrogens (tertiary/aromatic N) is 4. The van der Waals surface area contributed by atoms with Crippen LogP contribution in [0.3, 0.4) is 0 Å². The van der Waals surface area contributed by atoms with Gasteiger partial charge in [-0.05, 0) is 50.3 Å². The molecule has 27 heavy (non-hydrogen) atoms. The molecule has 3 heterocycles. The van der Waals surface area contributed by atoms with Gasteiger partial charge in [0.15, 0.2) is 0 Å². The SMILES string of the molecule is O=c1cc2c(nn1CCN1CCCCC1CNc1ccncc1Cl)CCC2. The monoisotopic (exact) mass is 387 g/mol. The topological polar surface area (TPSA) is 63.1 Å². The first-order valence-electron chi connectivity index (χ1n) is 9.88. The van der Waals surface area contributed by atoms with Gasteiger partial charge in [-0.15, -0.1) is 0 Å². The lowest BCUT2D eigenvalue weighted by molar-refractivity contribution is 0.148. The largest absolute Gasteiger partial charge is 0.382 e. The molecule has 0 amide bonds. The standard InChI is InChI=1S/C20H26ClN5O/c21-17-14-22-8-7-19(17)23-13-16-5-1-2-9-25(16)10-11-26-20(27)12-15-4-3-6-18(15)24-26/h7-8,12,14,16H,1-6,9-11,13H2,(H,22,23). The van der Waals surface area contributed by atoms with E-state index in [1.165, 1.54) is 12.8 Å². The van der Waals surface area contributed by atoms with Crippen LogP contribution >= 0.6 is 11.6 Å². The Morgan fingerprint density at radius 1 is 1.22 bits per heavy atom. The van der Waals surface area contributed by atoms with E-state index in [1.54, 1.807) is 23.1 Å². The minimum absolute atomic E-state index is 0.0332. The van der Waals surface area contributed by atoms with E-state index in [1.807, 2.05) is 6.07 Å². The second kappa shape index (κ2) is 8.40. The number of hydrogen-bond acceptors (Lipinski definition) is 5. The molecule has 2 aromatic rings. The molecule has 1 N–H and O–H groups in total. The summed E-state index contributed by atoms with van der Waals surface area (Å²) in [6.45, 7) is 3.41. The Balaban J connectivity index is 1.38. The fourth-order valence-electron chi connectivity index (χ4n) is 4.15. The van der Waals surface area contributed by atoms with E-state index in [4.69, 9.17) is 11.6 Å². The van der Waals surface area contributed by atoms with Crippen LogP contribution < -0.4 is 10.9 Å². The third-order valence-electron chi connectivity index (χ3n) is 5.67. The van der Waals surface area contributed by atoms with Crippen LogP contribution in [0, 0.1) is 0 Å². The van der Waals surface area contributed by atoms with E-state index < -0.39 is 0 Å². The number of halogens is 1. The molecule has 1 saturated heterocycles. The fourth-order valence-corrected chi connectivity index (χ4v) is 4.34. The van der Waals surface area contributed by atoms with Gasteiger partial charge in [-0.1, -0.05) is 18.0 Å². The molecule has 0 aromatic carbocycles. The number of anilines is 1. The Bertz CT molecular complexity index is 853. The zero-order valence-electron chi connectivity index (χ0n) is 15.5. The van der Waals surface area contributed by atoms with Gasteiger partial charge in [-0.25, -0.2) is 4.68 Å². The highest BCUT2D eigenvalue weighted by Crippen LogP contribution is 2.22. The van der Waals surface area contributed by atoms with Crippen LogP contribution in [0.15, 0.2) is 29.3 Å². The van der Waals surface area contributed by atoms with E-state index >= 15 is 0 Å². The summed E-state index contributed by atoms with van der Waals surface area (Å²) in [4.78, 5) is 18.8. The van der Waals surface area contributed by atoms with Crippen molar-refractivity contribution in [3.63, 3.8) is 0 Å². The smallest absolute Gasteiger partial charge is 0.267 e. The molecule has 0 saturated carbocycles. The summed E-state index contributed by atoms with van der Waals surface area (Å²) >= 11 is 6.20. The maximum Gasteiger partial charge on any atom is 0.267 e. The molecule has 2 aromatic heterocycles. The normalized spacial score (nSPS) is 19.8. The van der Waals surface area contributed by atoms with Crippen LogP contribution in [0.1, 0.15) is 36.9 Å². The zero-order chi connectivity index (χ0) is 18.6. The molecule has 1 unspecified atom stereocenters. The van der Waals surface area contributed by atoms with Gasteiger partial charge in [-0.2, -0.15) is 5.10 Å².